The van der Waals surface area contributed by atoms with Crippen LogP contribution in [-0.2, 0) is 0 Å². The van der Waals surface area contributed by atoms with Crippen molar-refractivity contribution in [1.29, 1.82) is 0 Å². The SMILES string of the molecule is CCN(C)CC. The molecule has 0 saturated carbocycles. The van der Waals surface area contributed by atoms with Crippen LogP contribution < -0.4 is 0 Å². The Balaban J connectivity index is 2.75. The lowest BCUT2D eigenvalue weighted by Crippen LogP contribution is -2.15. The maximum atomic E-state index is 2.25. The Labute approximate surface area is 40.0 Å². The molecule has 0 N–H and O–H groups in total. The molecule has 0 rings (SSSR count). The van der Waals surface area contributed by atoms with Gasteiger partial charge in [0.2, 0.25) is 0 Å². The van der Waals surface area contributed by atoms with Crippen LogP contribution in [-0.4, -0.2) is 25.0 Å². The highest BCUT2D eigenvalue weighted by molar-refractivity contribution is 4.36. The summed E-state index contributed by atoms with van der Waals surface area (Å²) in [5, 5.41) is 0. The highest BCUT2D eigenvalue weighted by atomic mass is 15.1. The van der Waals surface area contributed by atoms with Crippen LogP contribution in [0.1, 0.15) is 13.8 Å². The van der Waals surface area contributed by atoms with Gasteiger partial charge in [0, 0.05) is 0 Å². The van der Waals surface area contributed by atoms with Crippen molar-refractivity contribution >= 4 is 0 Å². The molecule has 1 nitrogen and oxygen atoms in total. The summed E-state index contributed by atoms with van der Waals surface area (Å²) in [4.78, 5) is 2.25. The summed E-state index contributed by atoms with van der Waals surface area (Å²) in [7, 11) is 2.11. The molecule has 6 heavy (non-hydrogen) atoms. The van der Waals surface area contributed by atoms with Crippen LogP contribution in [0, 0.1) is 0 Å². The fourth-order valence-electron chi connectivity index (χ4n) is 0.224. The molecule has 0 aromatic carbocycles. The number of rotatable bonds is 2. The van der Waals surface area contributed by atoms with Gasteiger partial charge in [-0.05, 0) is 20.1 Å². The van der Waals surface area contributed by atoms with Crippen molar-refractivity contribution < 1.29 is 0 Å². The normalized spacial score (nSPS) is 10.0. The third-order valence-corrected chi connectivity index (χ3v) is 1.08. The van der Waals surface area contributed by atoms with E-state index in [0.29, 0.717) is 0 Å². The molecule has 0 heterocycles. The monoisotopic (exact) mass is 87.1 g/mol. The van der Waals surface area contributed by atoms with E-state index in [2.05, 4.69) is 25.8 Å². The van der Waals surface area contributed by atoms with Crippen LogP contribution >= 0.6 is 0 Å². The lowest BCUT2D eigenvalue weighted by Gasteiger charge is -2.07. The van der Waals surface area contributed by atoms with Crippen LogP contribution in [0.5, 0.6) is 0 Å². The lowest BCUT2D eigenvalue weighted by atomic mass is 10.6. The van der Waals surface area contributed by atoms with Gasteiger partial charge in [-0.3, -0.25) is 0 Å². The molecular weight excluding hydrogens is 74.1 g/mol. The Morgan fingerprint density at radius 3 is 1.50 bits per heavy atom. The molecule has 0 aliphatic heterocycles. The molecule has 0 aliphatic rings. The Morgan fingerprint density at radius 1 is 1.17 bits per heavy atom. The zero-order valence-corrected chi connectivity index (χ0v) is 4.86. The van der Waals surface area contributed by atoms with Crippen LogP contribution in [0.4, 0.5) is 0 Å². The van der Waals surface area contributed by atoms with Gasteiger partial charge in [-0.2, -0.15) is 0 Å². The fraction of sp³-hybridized carbons (Fsp3) is 1.00. The summed E-state index contributed by atoms with van der Waals surface area (Å²) in [5.41, 5.74) is 0. The molecule has 0 saturated heterocycles. The highest BCUT2D eigenvalue weighted by Crippen LogP contribution is 1.73. The van der Waals surface area contributed by atoms with Gasteiger partial charge in [0.25, 0.3) is 0 Å². The Bertz CT molecular complexity index is 23.1. The summed E-state index contributed by atoms with van der Waals surface area (Å²) in [5.74, 6) is 0. The van der Waals surface area contributed by atoms with E-state index in [4.69, 9.17) is 0 Å². The Hall–Kier alpha value is -0.0400. The Morgan fingerprint density at radius 2 is 1.50 bits per heavy atom. The maximum Gasteiger partial charge on any atom is -0.00504 e. The Kier molecular flexibility index (Phi) is 3.14. The molecule has 0 bridgehead atoms. The summed E-state index contributed by atoms with van der Waals surface area (Å²) in [6.45, 7) is 6.64. The average molecular weight is 87.2 g/mol. The van der Waals surface area contributed by atoms with E-state index in [0.717, 1.165) is 13.1 Å². The standard InChI is InChI=1S/C5H13N/c1-4-6(3)5-2/h4-5H2,1-3H3. The van der Waals surface area contributed by atoms with Gasteiger partial charge in [-0.15, -0.1) is 0 Å². The van der Waals surface area contributed by atoms with Gasteiger partial charge >= 0.3 is 0 Å². The predicted octanol–water partition coefficient (Wildman–Crippen LogP) is 0.958. The van der Waals surface area contributed by atoms with Gasteiger partial charge in [0.1, 0.15) is 0 Å². The molecule has 0 aliphatic carbocycles. The minimum absolute atomic E-state index is 1.16. The van der Waals surface area contributed by atoms with Gasteiger partial charge in [-0.25, -0.2) is 0 Å². The van der Waals surface area contributed by atoms with Gasteiger partial charge < -0.3 is 4.90 Å². The zero-order valence-electron chi connectivity index (χ0n) is 4.86. The third-order valence-electron chi connectivity index (χ3n) is 1.08. The van der Waals surface area contributed by atoms with E-state index >= 15 is 0 Å². The van der Waals surface area contributed by atoms with E-state index < -0.39 is 0 Å². The van der Waals surface area contributed by atoms with Gasteiger partial charge in [-0.1, -0.05) is 13.8 Å². The molecule has 0 amide bonds. The molecule has 1 heteroatoms. The van der Waals surface area contributed by atoms with Crippen molar-refractivity contribution in [3.63, 3.8) is 0 Å². The second kappa shape index (κ2) is 3.16. The first kappa shape index (κ1) is 5.96. The molecule has 0 aromatic heterocycles. The first-order valence-corrected chi connectivity index (χ1v) is 2.49. The topological polar surface area (TPSA) is 3.24 Å². The van der Waals surface area contributed by atoms with E-state index in [1.54, 1.807) is 0 Å². The number of nitrogens with zero attached hydrogens (tertiary/aromatic N) is 1. The molecule has 0 atom stereocenters. The van der Waals surface area contributed by atoms with Crippen molar-refractivity contribution in [1.82, 2.24) is 4.90 Å². The maximum absolute atomic E-state index is 2.25. The second-order valence-corrected chi connectivity index (χ2v) is 1.49. The van der Waals surface area contributed by atoms with E-state index in [1.807, 2.05) is 0 Å². The van der Waals surface area contributed by atoms with Crippen LogP contribution in [0.25, 0.3) is 0 Å². The smallest absolute Gasteiger partial charge is 0.00504 e. The molecule has 0 radical (unpaired) electrons. The van der Waals surface area contributed by atoms with Crippen molar-refractivity contribution in [2.75, 3.05) is 20.1 Å². The van der Waals surface area contributed by atoms with Crippen molar-refractivity contribution in [2.24, 2.45) is 0 Å². The van der Waals surface area contributed by atoms with Crippen LogP contribution in [0.3, 0.4) is 0 Å². The van der Waals surface area contributed by atoms with Crippen LogP contribution in [0.15, 0.2) is 0 Å². The fourth-order valence-corrected chi connectivity index (χ4v) is 0.224. The van der Waals surface area contributed by atoms with Crippen molar-refractivity contribution in [3.8, 4) is 0 Å². The largest absolute Gasteiger partial charge is 0.307 e. The average Bonchev–Trinajstić information content (AvgIpc) is 1.65. The quantitative estimate of drug-likeness (QED) is 0.485. The first-order valence-electron chi connectivity index (χ1n) is 2.49. The van der Waals surface area contributed by atoms with Gasteiger partial charge in [0.15, 0.2) is 0 Å². The molecule has 0 fully saturated rings. The third kappa shape index (κ3) is 2.21. The molecule has 0 spiro atoms. The van der Waals surface area contributed by atoms with Gasteiger partial charge in [0.05, 0.1) is 0 Å². The zero-order chi connectivity index (χ0) is 4.99. The van der Waals surface area contributed by atoms with Crippen molar-refractivity contribution in [2.45, 2.75) is 13.8 Å². The van der Waals surface area contributed by atoms with E-state index in [9.17, 15) is 0 Å². The minimum atomic E-state index is 1.16. The highest BCUT2D eigenvalue weighted by Gasteiger charge is 1.81. The lowest BCUT2D eigenvalue weighted by molar-refractivity contribution is 0.373. The van der Waals surface area contributed by atoms with E-state index in [1.165, 1.54) is 0 Å². The summed E-state index contributed by atoms with van der Waals surface area (Å²) < 4.78 is 0. The van der Waals surface area contributed by atoms with Crippen molar-refractivity contribution in [3.05, 3.63) is 0 Å². The van der Waals surface area contributed by atoms with E-state index in [-0.39, 0.29) is 0 Å². The molecular formula is C5H13N. The molecule has 0 aromatic rings. The second-order valence-electron chi connectivity index (χ2n) is 1.49. The summed E-state index contributed by atoms with van der Waals surface area (Å²) in [6.07, 6.45) is 0. The predicted molar refractivity (Wildman–Crippen MR) is 28.8 cm³/mol. The first-order chi connectivity index (χ1) is 2.81. The number of hydrogen-bond acceptors (Lipinski definition) is 1. The summed E-state index contributed by atoms with van der Waals surface area (Å²) >= 11 is 0. The van der Waals surface area contributed by atoms with Crippen LogP contribution in [0.2, 0.25) is 0 Å². The number of hydrogen-bond donors (Lipinski definition) is 0. The minimum Gasteiger partial charge on any atom is -0.307 e. The molecule has 38 valence electrons. The summed E-state index contributed by atoms with van der Waals surface area (Å²) in [6, 6.07) is 0. The molecule has 0 unspecified atom stereocenters.